The molecule has 1 N–H and O–H groups in total. The summed E-state index contributed by atoms with van der Waals surface area (Å²) in [5.41, 5.74) is 5.35. The second kappa shape index (κ2) is 8.29. The van der Waals surface area contributed by atoms with E-state index in [1.807, 2.05) is 50.2 Å². The molecule has 0 atom stereocenters. The van der Waals surface area contributed by atoms with Gasteiger partial charge in [0.05, 0.1) is 5.39 Å². The van der Waals surface area contributed by atoms with Crippen molar-refractivity contribution in [2.24, 2.45) is 0 Å². The maximum atomic E-state index is 13.2. The van der Waals surface area contributed by atoms with Gasteiger partial charge in [0, 0.05) is 10.8 Å². The number of aromatic nitrogens is 2. The maximum Gasteiger partial charge on any atom is 0.416 e. The van der Waals surface area contributed by atoms with Gasteiger partial charge in [-0.3, -0.25) is 4.79 Å². The van der Waals surface area contributed by atoms with Crippen molar-refractivity contribution in [2.45, 2.75) is 19.8 Å². The van der Waals surface area contributed by atoms with Crippen LogP contribution in [0.1, 0.15) is 27.5 Å². The number of aliphatic carboxylic acids is 1. The first kappa shape index (κ1) is 21.1. The Morgan fingerprint density at radius 3 is 2.30 bits per heavy atom. The number of carboxylic acid groups (broad SMARTS) is 1. The molecule has 5 rings (SSSR count). The number of fused-ring (bicyclic) bond motifs is 4. The van der Waals surface area contributed by atoms with Crippen LogP contribution >= 0.6 is 11.3 Å². The van der Waals surface area contributed by atoms with Crippen LogP contribution in [0.15, 0.2) is 54.9 Å². The molecule has 7 nitrogen and oxygen atoms in total. The van der Waals surface area contributed by atoms with Crippen molar-refractivity contribution in [1.29, 1.82) is 0 Å². The number of nitrogens with zero attached hydrogens (tertiary/aromatic N) is 3. The average Bonchev–Trinajstić information content (AvgIpc) is 3.29. The molecule has 0 unspecified atom stereocenters. The minimum absolute atomic E-state index is 0.0961. The quantitative estimate of drug-likeness (QED) is 0.444. The number of thiophene rings is 1. The van der Waals surface area contributed by atoms with E-state index < -0.39 is 18.6 Å². The van der Waals surface area contributed by atoms with E-state index in [-0.39, 0.29) is 18.3 Å². The fourth-order valence-corrected chi connectivity index (χ4v) is 5.39. The molecular formula is C25H21N3O4S. The smallest absolute Gasteiger partial charge is 0.416 e. The molecule has 2 aromatic heterocycles. The number of benzene rings is 2. The molecule has 2 aromatic carbocycles. The number of ether oxygens (including phenoxy) is 1. The van der Waals surface area contributed by atoms with Gasteiger partial charge in [-0.2, -0.15) is 0 Å². The molecule has 4 aromatic rings. The molecule has 8 heteroatoms. The molecule has 0 radical (unpaired) electrons. The zero-order valence-electron chi connectivity index (χ0n) is 18.1. The van der Waals surface area contributed by atoms with Gasteiger partial charge in [-0.05, 0) is 41.7 Å². The first-order valence-electron chi connectivity index (χ1n) is 10.5. The minimum atomic E-state index is -1.15. The Labute approximate surface area is 194 Å². The van der Waals surface area contributed by atoms with Crippen LogP contribution in [0.25, 0.3) is 21.3 Å². The Hall–Kier alpha value is -3.78. The van der Waals surface area contributed by atoms with Crippen LogP contribution < -0.4 is 4.90 Å². The topological polar surface area (TPSA) is 92.6 Å². The minimum Gasteiger partial charge on any atom is -0.480 e. The van der Waals surface area contributed by atoms with Crippen molar-refractivity contribution < 1.29 is 19.4 Å². The maximum absolute atomic E-state index is 13.2. The van der Waals surface area contributed by atoms with E-state index in [2.05, 4.69) is 22.1 Å². The van der Waals surface area contributed by atoms with Crippen LogP contribution in [-0.2, 0) is 9.53 Å². The number of carboxylic acids is 1. The molecule has 166 valence electrons. The molecule has 1 aliphatic rings. The predicted molar refractivity (Wildman–Crippen MR) is 127 cm³/mol. The zero-order valence-corrected chi connectivity index (χ0v) is 18.9. The van der Waals surface area contributed by atoms with Crippen LogP contribution in [0.4, 0.5) is 10.6 Å². The summed E-state index contributed by atoms with van der Waals surface area (Å²) >= 11 is 1.48. The lowest BCUT2D eigenvalue weighted by Gasteiger charge is -2.22. The lowest BCUT2D eigenvalue weighted by molar-refractivity contribution is -0.135. The van der Waals surface area contributed by atoms with Gasteiger partial charge in [0.2, 0.25) is 0 Å². The molecule has 0 saturated heterocycles. The van der Waals surface area contributed by atoms with Crippen LogP contribution in [0.2, 0.25) is 0 Å². The van der Waals surface area contributed by atoms with Crippen molar-refractivity contribution in [3.8, 4) is 11.1 Å². The van der Waals surface area contributed by atoms with Gasteiger partial charge in [0.15, 0.2) is 5.82 Å². The van der Waals surface area contributed by atoms with E-state index in [1.165, 1.54) is 17.7 Å². The van der Waals surface area contributed by atoms with E-state index in [1.54, 1.807) is 0 Å². The van der Waals surface area contributed by atoms with Crippen molar-refractivity contribution in [2.75, 3.05) is 18.1 Å². The van der Waals surface area contributed by atoms with Crippen LogP contribution in [-0.4, -0.2) is 40.3 Å². The van der Waals surface area contributed by atoms with E-state index in [0.29, 0.717) is 10.2 Å². The van der Waals surface area contributed by atoms with E-state index in [4.69, 9.17) is 4.74 Å². The second-order valence-electron chi connectivity index (χ2n) is 7.94. The lowest BCUT2D eigenvalue weighted by Crippen LogP contribution is -2.37. The molecule has 0 fully saturated rings. The van der Waals surface area contributed by atoms with Crippen molar-refractivity contribution in [3.05, 3.63) is 76.4 Å². The second-order valence-corrected chi connectivity index (χ2v) is 9.15. The van der Waals surface area contributed by atoms with E-state index in [9.17, 15) is 14.7 Å². The van der Waals surface area contributed by atoms with Gasteiger partial charge in [-0.25, -0.2) is 19.7 Å². The van der Waals surface area contributed by atoms with Gasteiger partial charge in [0.1, 0.15) is 24.3 Å². The number of aryl methyl sites for hydroxylation is 2. The first-order valence-corrected chi connectivity index (χ1v) is 11.3. The summed E-state index contributed by atoms with van der Waals surface area (Å²) in [7, 11) is 0. The Morgan fingerprint density at radius 2 is 1.67 bits per heavy atom. The number of hydrogen-bond donors (Lipinski definition) is 1. The molecule has 1 aliphatic carbocycles. The summed E-state index contributed by atoms with van der Waals surface area (Å²) in [5, 5.41) is 10.2. The Bertz CT molecular complexity index is 1350. The monoisotopic (exact) mass is 459 g/mol. The fourth-order valence-electron chi connectivity index (χ4n) is 4.40. The number of hydrogen-bond acceptors (Lipinski definition) is 6. The Morgan fingerprint density at radius 1 is 1.03 bits per heavy atom. The number of carbonyl (C=O) groups is 2. The third-order valence-corrected chi connectivity index (χ3v) is 7.17. The highest BCUT2D eigenvalue weighted by Crippen LogP contribution is 2.44. The SMILES string of the molecule is Cc1sc2ncnc(N(CC(=O)O)C(=O)OCC3c4ccccc4-c4ccccc43)c2c1C. The summed E-state index contributed by atoms with van der Waals surface area (Å²) < 4.78 is 5.72. The molecular weight excluding hydrogens is 438 g/mol. The third-order valence-electron chi connectivity index (χ3n) is 6.05. The highest BCUT2D eigenvalue weighted by molar-refractivity contribution is 7.18. The average molecular weight is 460 g/mol. The van der Waals surface area contributed by atoms with Crippen molar-refractivity contribution in [1.82, 2.24) is 9.97 Å². The van der Waals surface area contributed by atoms with Crippen LogP contribution in [0.3, 0.4) is 0 Å². The summed E-state index contributed by atoms with van der Waals surface area (Å²) in [6, 6.07) is 16.1. The summed E-state index contributed by atoms with van der Waals surface area (Å²) in [6.07, 6.45) is 0.598. The van der Waals surface area contributed by atoms with Gasteiger partial charge in [0.25, 0.3) is 0 Å². The normalized spacial score (nSPS) is 12.4. The first-order chi connectivity index (χ1) is 16.0. The van der Waals surface area contributed by atoms with Crippen LogP contribution in [0.5, 0.6) is 0 Å². The Kier molecular flexibility index (Phi) is 5.30. The molecule has 0 spiro atoms. The molecule has 0 bridgehead atoms. The van der Waals surface area contributed by atoms with Gasteiger partial charge in [-0.1, -0.05) is 48.5 Å². The molecule has 2 heterocycles. The summed E-state index contributed by atoms with van der Waals surface area (Å²) in [5.74, 6) is -1.02. The van der Waals surface area contributed by atoms with Gasteiger partial charge < -0.3 is 9.84 Å². The van der Waals surface area contributed by atoms with E-state index in [0.717, 1.165) is 37.6 Å². The summed E-state index contributed by atoms with van der Waals surface area (Å²) in [6.45, 7) is 3.41. The molecule has 0 saturated carbocycles. The van der Waals surface area contributed by atoms with Crippen LogP contribution in [0, 0.1) is 13.8 Å². The fraction of sp³-hybridized carbons (Fsp3) is 0.200. The zero-order chi connectivity index (χ0) is 23.1. The third kappa shape index (κ3) is 3.62. The largest absolute Gasteiger partial charge is 0.480 e. The standard InChI is InChI=1S/C25H21N3O4S/c1-14-15(2)33-24-22(14)23(26-13-27-24)28(11-21(29)30)25(31)32-12-20-18-9-5-3-7-16(18)17-8-4-6-10-19(17)20/h3-10,13,20H,11-12H2,1-2H3,(H,29,30). The van der Waals surface area contributed by atoms with Crippen molar-refractivity contribution in [3.63, 3.8) is 0 Å². The number of rotatable bonds is 5. The molecule has 0 aliphatic heterocycles. The molecule has 1 amide bonds. The Balaban J connectivity index is 1.46. The lowest BCUT2D eigenvalue weighted by atomic mass is 9.98. The van der Waals surface area contributed by atoms with Gasteiger partial charge in [-0.15, -0.1) is 11.3 Å². The number of anilines is 1. The number of carbonyl (C=O) groups excluding carboxylic acids is 1. The van der Waals surface area contributed by atoms with Crippen molar-refractivity contribution >= 4 is 39.4 Å². The highest BCUT2D eigenvalue weighted by atomic mass is 32.1. The predicted octanol–water partition coefficient (Wildman–Crippen LogP) is 5.15. The van der Waals surface area contributed by atoms with Gasteiger partial charge >= 0.3 is 12.1 Å². The molecule has 33 heavy (non-hydrogen) atoms. The highest BCUT2D eigenvalue weighted by Gasteiger charge is 2.31. The van der Waals surface area contributed by atoms with E-state index >= 15 is 0 Å². The number of amides is 1. The summed E-state index contributed by atoms with van der Waals surface area (Å²) in [4.78, 5) is 36.2.